The molecule has 1 aromatic heterocycles. The maximum absolute atomic E-state index is 5.51. The maximum atomic E-state index is 5.51. The average molecular weight is 283 g/mol. The van der Waals surface area contributed by atoms with Crippen LogP contribution in [-0.4, -0.2) is 23.6 Å². The van der Waals surface area contributed by atoms with Crippen LogP contribution in [-0.2, 0) is 17.8 Å². The van der Waals surface area contributed by atoms with Crippen molar-refractivity contribution >= 4 is 5.82 Å². The Bertz CT molecular complexity index is 618. The van der Waals surface area contributed by atoms with Gasteiger partial charge in [0.25, 0.3) is 0 Å². The first-order valence-electron chi connectivity index (χ1n) is 7.44. The monoisotopic (exact) mass is 283 g/mol. The van der Waals surface area contributed by atoms with E-state index >= 15 is 0 Å². The van der Waals surface area contributed by atoms with Gasteiger partial charge in [0.05, 0.1) is 18.9 Å². The molecule has 0 fully saturated rings. The SMILES string of the molecule is CNc1nc(-c2ccc(C(C)C)cc2)nc2c1COCC2. The lowest BCUT2D eigenvalue weighted by Crippen LogP contribution is -2.16. The molecule has 0 saturated heterocycles. The molecule has 0 amide bonds. The van der Waals surface area contributed by atoms with E-state index in [1.165, 1.54) is 5.56 Å². The zero-order valence-corrected chi connectivity index (χ0v) is 12.8. The van der Waals surface area contributed by atoms with Crippen molar-refractivity contribution < 1.29 is 4.74 Å². The van der Waals surface area contributed by atoms with Gasteiger partial charge in [-0.05, 0) is 11.5 Å². The summed E-state index contributed by atoms with van der Waals surface area (Å²) in [6.45, 7) is 5.73. The number of nitrogens with zero attached hydrogens (tertiary/aromatic N) is 2. The van der Waals surface area contributed by atoms with Crippen molar-refractivity contribution in [3.63, 3.8) is 0 Å². The van der Waals surface area contributed by atoms with Crippen molar-refractivity contribution in [2.45, 2.75) is 32.8 Å². The van der Waals surface area contributed by atoms with Crippen LogP contribution >= 0.6 is 0 Å². The normalized spacial score (nSPS) is 14.1. The molecular weight excluding hydrogens is 262 g/mol. The van der Waals surface area contributed by atoms with Crippen LogP contribution in [0.2, 0.25) is 0 Å². The summed E-state index contributed by atoms with van der Waals surface area (Å²) in [5, 5.41) is 3.16. The molecule has 0 atom stereocenters. The van der Waals surface area contributed by atoms with Gasteiger partial charge in [-0.1, -0.05) is 38.1 Å². The Morgan fingerprint density at radius 1 is 1.14 bits per heavy atom. The minimum Gasteiger partial charge on any atom is -0.376 e. The molecule has 1 N–H and O–H groups in total. The molecular formula is C17H21N3O. The molecule has 0 saturated carbocycles. The molecule has 2 heterocycles. The summed E-state index contributed by atoms with van der Waals surface area (Å²) in [7, 11) is 1.89. The lowest BCUT2D eigenvalue weighted by molar-refractivity contribution is 0.109. The van der Waals surface area contributed by atoms with Gasteiger partial charge >= 0.3 is 0 Å². The number of hydrogen-bond donors (Lipinski definition) is 1. The molecule has 0 unspecified atom stereocenters. The molecule has 2 aromatic rings. The predicted molar refractivity (Wildman–Crippen MR) is 84.5 cm³/mol. The first kappa shape index (κ1) is 14.0. The number of benzene rings is 1. The highest BCUT2D eigenvalue weighted by molar-refractivity contribution is 5.60. The van der Waals surface area contributed by atoms with E-state index in [0.717, 1.165) is 41.5 Å². The Labute approximate surface area is 125 Å². The lowest BCUT2D eigenvalue weighted by Gasteiger charge is -2.19. The van der Waals surface area contributed by atoms with Crippen molar-refractivity contribution in [3.05, 3.63) is 41.1 Å². The largest absolute Gasteiger partial charge is 0.376 e. The van der Waals surface area contributed by atoms with Gasteiger partial charge in [-0.25, -0.2) is 9.97 Å². The van der Waals surface area contributed by atoms with Crippen molar-refractivity contribution in [3.8, 4) is 11.4 Å². The predicted octanol–water partition coefficient (Wildman–Crippen LogP) is 3.38. The summed E-state index contributed by atoms with van der Waals surface area (Å²) in [5.74, 6) is 2.20. The Morgan fingerprint density at radius 3 is 2.57 bits per heavy atom. The quantitative estimate of drug-likeness (QED) is 0.938. The molecule has 3 rings (SSSR count). The standard InChI is InChI=1S/C17H21N3O/c1-11(2)12-4-6-13(7-5-12)16-19-15-8-9-21-10-14(15)17(18-3)20-16/h4-7,11H,8-10H2,1-3H3,(H,18,19,20). The van der Waals surface area contributed by atoms with Crippen molar-refractivity contribution in [2.24, 2.45) is 0 Å². The van der Waals surface area contributed by atoms with Crippen LogP contribution in [0.1, 0.15) is 36.6 Å². The first-order valence-corrected chi connectivity index (χ1v) is 7.44. The van der Waals surface area contributed by atoms with Crippen molar-refractivity contribution in [1.82, 2.24) is 9.97 Å². The minimum atomic E-state index is 0.536. The van der Waals surface area contributed by atoms with E-state index in [4.69, 9.17) is 9.72 Å². The third-order valence-electron chi connectivity index (χ3n) is 3.89. The molecule has 0 radical (unpaired) electrons. The molecule has 4 nitrogen and oxygen atoms in total. The molecule has 1 aromatic carbocycles. The van der Waals surface area contributed by atoms with Gasteiger partial charge in [-0.3, -0.25) is 0 Å². The zero-order chi connectivity index (χ0) is 14.8. The Balaban J connectivity index is 2.02. The van der Waals surface area contributed by atoms with Gasteiger partial charge in [0, 0.05) is 24.6 Å². The second-order valence-corrected chi connectivity index (χ2v) is 5.65. The number of hydrogen-bond acceptors (Lipinski definition) is 4. The van der Waals surface area contributed by atoms with E-state index in [2.05, 4.69) is 48.4 Å². The second-order valence-electron chi connectivity index (χ2n) is 5.65. The number of rotatable bonds is 3. The van der Waals surface area contributed by atoms with Crippen molar-refractivity contribution in [1.29, 1.82) is 0 Å². The molecule has 4 heteroatoms. The fraction of sp³-hybridized carbons (Fsp3) is 0.412. The van der Waals surface area contributed by atoms with Crippen LogP contribution in [0.15, 0.2) is 24.3 Å². The van der Waals surface area contributed by atoms with E-state index in [-0.39, 0.29) is 0 Å². The van der Waals surface area contributed by atoms with Crippen LogP contribution in [0, 0.1) is 0 Å². The molecule has 0 aliphatic carbocycles. The summed E-state index contributed by atoms with van der Waals surface area (Å²) in [6, 6.07) is 8.53. The van der Waals surface area contributed by atoms with Gasteiger partial charge in [0.1, 0.15) is 5.82 Å². The van der Waals surface area contributed by atoms with E-state index in [9.17, 15) is 0 Å². The fourth-order valence-electron chi connectivity index (χ4n) is 2.58. The highest BCUT2D eigenvalue weighted by Crippen LogP contribution is 2.26. The van der Waals surface area contributed by atoms with Crippen LogP contribution < -0.4 is 5.32 Å². The van der Waals surface area contributed by atoms with E-state index < -0.39 is 0 Å². The topological polar surface area (TPSA) is 47.0 Å². The van der Waals surface area contributed by atoms with Gasteiger partial charge < -0.3 is 10.1 Å². The molecule has 1 aliphatic rings. The van der Waals surface area contributed by atoms with Crippen molar-refractivity contribution in [2.75, 3.05) is 19.0 Å². The summed E-state index contributed by atoms with van der Waals surface area (Å²) < 4.78 is 5.51. The third kappa shape index (κ3) is 2.76. The lowest BCUT2D eigenvalue weighted by atomic mass is 10.0. The smallest absolute Gasteiger partial charge is 0.161 e. The summed E-state index contributed by atoms with van der Waals surface area (Å²) in [5.41, 5.74) is 4.58. The second kappa shape index (κ2) is 5.82. The van der Waals surface area contributed by atoms with E-state index in [1.54, 1.807) is 0 Å². The molecule has 110 valence electrons. The fourth-order valence-corrected chi connectivity index (χ4v) is 2.58. The molecule has 0 spiro atoms. The Hall–Kier alpha value is -1.94. The van der Waals surface area contributed by atoms with Gasteiger partial charge in [0.2, 0.25) is 0 Å². The molecule has 1 aliphatic heterocycles. The highest BCUT2D eigenvalue weighted by Gasteiger charge is 2.18. The minimum absolute atomic E-state index is 0.536. The van der Waals surface area contributed by atoms with Crippen LogP contribution in [0.4, 0.5) is 5.82 Å². The Morgan fingerprint density at radius 2 is 1.90 bits per heavy atom. The highest BCUT2D eigenvalue weighted by atomic mass is 16.5. The van der Waals surface area contributed by atoms with Crippen LogP contribution in [0.25, 0.3) is 11.4 Å². The number of aromatic nitrogens is 2. The van der Waals surface area contributed by atoms with Gasteiger partial charge in [0.15, 0.2) is 5.82 Å². The number of ether oxygens (including phenoxy) is 1. The summed E-state index contributed by atoms with van der Waals surface area (Å²) in [4.78, 5) is 9.38. The molecule has 21 heavy (non-hydrogen) atoms. The van der Waals surface area contributed by atoms with E-state index in [0.29, 0.717) is 12.5 Å². The first-order chi connectivity index (χ1) is 10.2. The van der Waals surface area contributed by atoms with Crippen LogP contribution in [0.5, 0.6) is 0 Å². The maximum Gasteiger partial charge on any atom is 0.161 e. The number of nitrogens with one attached hydrogen (secondary N) is 1. The average Bonchev–Trinajstić information content (AvgIpc) is 2.53. The number of anilines is 1. The number of fused-ring (bicyclic) bond motifs is 1. The summed E-state index contributed by atoms with van der Waals surface area (Å²) >= 11 is 0. The van der Waals surface area contributed by atoms with Crippen LogP contribution in [0.3, 0.4) is 0 Å². The van der Waals surface area contributed by atoms with Gasteiger partial charge in [-0.2, -0.15) is 0 Å². The Kier molecular flexibility index (Phi) is 3.88. The van der Waals surface area contributed by atoms with E-state index in [1.807, 2.05) is 7.05 Å². The van der Waals surface area contributed by atoms with Gasteiger partial charge in [-0.15, -0.1) is 0 Å². The third-order valence-corrected chi connectivity index (χ3v) is 3.89. The summed E-state index contributed by atoms with van der Waals surface area (Å²) in [6.07, 6.45) is 0.851. The zero-order valence-electron chi connectivity index (χ0n) is 12.8. The molecule has 0 bridgehead atoms.